The smallest absolute Gasteiger partial charge is 0.226 e. The second-order valence-electron chi connectivity index (χ2n) is 6.60. The summed E-state index contributed by atoms with van der Waals surface area (Å²) in [6.07, 6.45) is 6.67. The fourth-order valence-corrected chi connectivity index (χ4v) is 3.55. The molecule has 2 rings (SSSR count). The normalized spacial score (nSPS) is 26.3. The molecule has 19 heavy (non-hydrogen) atoms. The summed E-state index contributed by atoms with van der Waals surface area (Å²) in [6.45, 7) is 4.96. The molecule has 2 amide bonds. The third kappa shape index (κ3) is 3.48. The van der Waals surface area contributed by atoms with Gasteiger partial charge in [0.1, 0.15) is 0 Å². The predicted octanol–water partition coefficient (Wildman–Crippen LogP) is 1.99. The number of amides is 2. The van der Waals surface area contributed by atoms with Crippen LogP contribution in [0.5, 0.6) is 0 Å². The molecule has 1 atom stereocenters. The highest BCUT2D eigenvalue weighted by Crippen LogP contribution is 2.43. The van der Waals surface area contributed by atoms with Gasteiger partial charge in [0.2, 0.25) is 11.8 Å². The van der Waals surface area contributed by atoms with E-state index >= 15 is 0 Å². The van der Waals surface area contributed by atoms with E-state index in [0.29, 0.717) is 18.9 Å². The summed E-state index contributed by atoms with van der Waals surface area (Å²) in [7, 11) is 0. The Labute approximate surface area is 115 Å². The lowest BCUT2D eigenvalue weighted by Gasteiger charge is -2.33. The topological polar surface area (TPSA) is 58.2 Å². The van der Waals surface area contributed by atoms with Gasteiger partial charge in [-0.2, -0.15) is 0 Å². The third-order valence-corrected chi connectivity index (χ3v) is 4.44. The van der Waals surface area contributed by atoms with Gasteiger partial charge in [-0.25, -0.2) is 0 Å². The van der Waals surface area contributed by atoms with Crippen LogP contribution in [0.4, 0.5) is 0 Å². The van der Waals surface area contributed by atoms with Crippen LogP contribution >= 0.6 is 0 Å². The Balaban J connectivity index is 1.94. The molecule has 2 fully saturated rings. The van der Waals surface area contributed by atoms with E-state index < -0.39 is 0 Å². The Hall–Kier alpha value is -1.06. The molecule has 0 aromatic carbocycles. The third-order valence-electron chi connectivity index (χ3n) is 4.44. The van der Waals surface area contributed by atoms with Crippen LogP contribution in [0.3, 0.4) is 0 Å². The summed E-state index contributed by atoms with van der Waals surface area (Å²) in [5.74, 6) is 0.873. The fraction of sp³-hybridized carbons (Fsp3) is 0.867. The molecule has 0 spiro atoms. The maximum atomic E-state index is 12.6. The lowest BCUT2D eigenvalue weighted by Crippen LogP contribution is -2.51. The second kappa shape index (κ2) is 5.93. The summed E-state index contributed by atoms with van der Waals surface area (Å²) in [5, 5.41) is 6.00. The number of hydrogen-bond acceptors (Lipinski definition) is 2. The summed E-state index contributed by atoms with van der Waals surface area (Å²) in [6, 6.07) is 0.120. The van der Waals surface area contributed by atoms with Crippen molar-refractivity contribution in [3.05, 3.63) is 0 Å². The molecule has 2 N–H and O–H groups in total. The zero-order valence-corrected chi connectivity index (χ0v) is 12.1. The zero-order valence-electron chi connectivity index (χ0n) is 12.1. The van der Waals surface area contributed by atoms with Gasteiger partial charge in [-0.05, 0) is 31.6 Å². The molecule has 1 aliphatic carbocycles. The Morgan fingerprint density at radius 1 is 1.42 bits per heavy atom. The lowest BCUT2D eigenvalue weighted by atomic mass is 9.77. The van der Waals surface area contributed by atoms with Gasteiger partial charge in [-0.15, -0.1) is 0 Å². The van der Waals surface area contributed by atoms with Crippen molar-refractivity contribution in [3.8, 4) is 0 Å². The minimum Gasteiger partial charge on any atom is -0.354 e. The van der Waals surface area contributed by atoms with E-state index in [1.165, 1.54) is 12.8 Å². The van der Waals surface area contributed by atoms with E-state index in [2.05, 4.69) is 24.5 Å². The van der Waals surface area contributed by atoms with Crippen molar-refractivity contribution in [2.45, 2.75) is 64.8 Å². The van der Waals surface area contributed by atoms with E-state index in [1.807, 2.05) is 0 Å². The van der Waals surface area contributed by atoms with Gasteiger partial charge in [0.25, 0.3) is 0 Å². The molecule has 1 saturated carbocycles. The monoisotopic (exact) mass is 266 g/mol. The lowest BCUT2D eigenvalue weighted by molar-refractivity contribution is -0.133. The van der Waals surface area contributed by atoms with E-state index in [-0.39, 0.29) is 23.3 Å². The fourth-order valence-electron chi connectivity index (χ4n) is 3.55. The van der Waals surface area contributed by atoms with Crippen molar-refractivity contribution < 1.29 is 9.59 Å². The number of piperidine rings is 1. The highest BCUT2D eigenvalue weighted by atomic mass is 16.2. The minimum absolute atomic E-state index is 0.100. The maximum absolute atomic E-state index is 12.6. The Bertz CT molecular complexity index is 336. The predicted molar refractivity (Wildman–Crippen MR) is 74.5 cm³/mol. The van der Waals surface area contributed by atoms with Gasteiger partial charge in [-0.3, -0.25) is 9.59 Å². The summed E-state index contributed by atoms with van der Waals surface area (Å²) < 4.78 is 0. The van der Waals surface area contributed by atoms with Crippen LogP contribution in [-0.2, 0) is 9.59 Å². The van der Waals surface area contributed by atoms with Gasteiger partial charge >= 0.3 is 0 Å². The number of carbonyl (C=O) groups is 2. The van der Waals surface area contributed by atoms with Crippen LogP contribution < -0.4 is 10.6 Å². The van der Waals surface area contributed by atoms with Crippen LogP contribution in [0.15, 0.2) is 0 Å². The van der Waals surface area contributed by atoms with E-state index in [1.54, 1.807) is 0 Å². The molecule has 1 unspecified atom stereocenters. The largest absolute Gasteiger partial charge is 0.354 e. The zero-order chi connectivity index (χ0) is 13.9. The molecule has 0 aromatic rings. The first kappa shape index (κ1) is 14.4. The van der Waals surface area contributed by atoms with E-state index in [0.717, 1.165) is 25.7 Å². The standard InChI is InChI=1S/C15H26N2O2/c1-11(2)9-15(7-3-4-8-15)14(19)17-12-5-6-13(18)16-10-12/h11-12H,3-10H2,1-2H3,(H,16,18)(H,17,19). The van der Waals surface area contributed by atoms with Crippen LogP contribution in [0.1, 0.15) is 58.8 Å². The number of rotatable bonds is 4. The highest BCUT2D eigenvalue weighted by Gasteiger charge is 2.42. The molecule has 1 heterocycles. The molecule has 0 bridgehead atoms. The molecular formula is C15H26N2O2. The van der Waals surface area contributed by atoms with Crippen molar-refractivity contribution in [1.29, 1.82) is 0 Å². The van der Waals surface area contributed by atoms with E-state index in [4.69, 9.17) is 0 Å². The van der Waals surface area contributed by atoms with Crippen molar-refractivity contribution in [2.75, 3.05) is 6.54 Å². The molecule has 0 aromatic heterocycles. The van der Waals surface area contributed by atoms with Crippen LogP contribution in [0, 0.1) is 11.3 Å². The molecule has 1 aliphatic heterocycles. The number of nitrogens with one attached hydrogen (secondary N) is 2. The molecule has 0 radical (unpaired) electrons. The van der Waals surface area contributed by atoms with Crippen molar-refractivity contribution in [1.82, 2.24) is 10.6 Å². The molecule has 1 saturated heterocycles. The first-order valence-corrected chi connectivity index (χ1v) is 7.59. The average Bonchev–Trinajstić information content (AvgIpc) is 2.81. The first-order valence-electron chi connectivity index (χ1n) is 7.59. The summed E-state index contributed by atoms with van der Waals surface area (Å²) in [4.78, 5) is 23.8. The molecule has 108 valence electrons. The summed E-state index contributed by atoms with van der Waals surface area (Å²) >= 11 is 0. The van der Waals surface area contributed by atoms with Crippen molar-refractivity contribution in [3.63, 3.8) is 0 Å². The Morgan fingerprint density at radius 3 is 2.63 bits per heavy atom. The Morgan fingerprint density at radius 2 is 2.11 bits per heavy atom. The molecule has 4 heteroatoms. The second-order valence-corrected chi connectivity index (χ2v) is 6.60. The molecule has 4 nitrogen and oxygen atoms in total. The molecule has 2 aliphatic rings. The number of carbonyl (C=O) groups excluding carboxylic acids is 2. The molecular weight excluding hydrogens is 240 g/mol. The van der Waals surface area contributed by atoms with Gasteiger partial charge in [0.05, 0.1) is 0 Å². The van der Waals surface area contributed by atoms with Gasteiger partial charge < -0.3 is 10.6 Å². The average molecular weight is 266 g/mol. The van der Waals surface area contributed by atoms with Crippen LogP contribution in [0.2, 0.25) is 0 Å². The van der Waals surface area contributed by atoms with Gasteiger partial charge in [0, 0.05) is 24.4 Å². The highest BCUT2D eigenvalue weighted by molar-refractivity contribution is 5.84. The quantitative estimate of drug-likeness (QED) is 0.817. The van der Waals surface area contributed by atoms with Gasteiger partial charge in [-0.1, -0.05) is 26.7 Å². The van der Waals surface area contributed by atoms with E-state index in [9.17, 15) is 9.59 Å². The van der Waals surface area contributed by atoms with Crippen molar-refractivity contribution in [2.24, 2.45) is 11.3 Å². The summed E-state index contributed by atoms with van der Waals surface area (Å²) in [5.41, 5.74) is -0.143. The van der Waals surface area contributed by atoms with Crippen LogP contribution in [0.25, 0.3) is 0 Å². The van der Waals surface area contributed by atoms with Gasteiger partial charge in [0.15, 0.2) is 0 Å². The first-order chi connectivity index (χ1) is 9.02. The number of hydrogen-bond donors (Lipinski definition) is 2. The van der Waals surface area contributed by atoms with Crippen LogP contribution in [-0.4, -0.2) is 24.4 Å². The maximum Gasteiger partial charge on any atom is 0.226 e. The minimum atomic E-state index is -0.143. The van der Waals surface area contributed by atoms with Crippen molar-refractivity contribution >= 4 is 11.8 Å². The Kier molecular flexibility index (Phi) is 4.48. The SMILES string of the molecule is CC(C)CC1(C(=O)NC2CCC(=O)NC2)CCCC1.